The summed E-state index contributed by atoms with van der Waals surface area (Å²) >= 11 is 7.08. The van der Waals surface area contributed by atoms with Crippen LogP contribution in [0.5, 0.6) is 5.75 Å². The minimum absolute atomic E-state index is 0.195. The fourth-order valence-corrected chi connectivity index (χ4v) is 4.61. The van der Waals surface area contributed by atoms with Crippen molar-refractivity contribution in [2.24, 2.45) is 7.05 Å². The number of nitrogens with one attached hydrogen (secondary N) is 1. The molecule has 2 aromatic heterocycles. The van der Waals surface area contributed by atoms with Crippen molar-refractivity contribution in [3.8, 4) is 17.0 Å². The normalized spacial score (nSPS) is 11.5. The van der Waals surface area contributed by atoms with Crippen LogP contribution in [0, 0.1) is 0 Å². The number of ether oxygens (including phenoxy) is 1. The van der Waals surface area contributed by atoms with Gasteiger partial charge in [-0.3, -0.25) is 9.40 Å². The summed E-state index contributed by atoms with van der Waals surface area (Å²) in [6.07, 6.45) is 1.66. The van der Waals surface area contributed by atoms with Gasteiger partial charge in [0.2, 0.25) is 0 Å². The molecule has 0 unspecified atom stereocenters. The van der Waals surface area contributed by atoms with Gasteiger partial charge in [-0.15, -0.1) is 11.3 Å². The van der Waals surface area contributed by atoms with Crippen molar-refractivity contribution in [2.75, 3.05) is 11.8 Å². The lowest BCUT2D eigenvalue weighted by Crippen LogP contribution is -2.12. The number of aromatic nitrogens is 2. The Morgan fingerprint density at radius 3 is 2.75 bits per heavy atom. The van der Waals surface area contributed by atoms with Crippen molar-refractivity contribution in [1.29, 1.82) is 0 Å². The van der Waals surface area contributed by atoms with Crippen molar-refractivity contribution >= 4 is 38.6 Å². The summed E-state index contributed by atoms with van der Waals surface area (Å²) in [5, 5.41) is 6.28. The van der Waals surface area contributed by atoms with Crippen molar-refractivity contribution in [3.05, 3.63) is 46.9 Å². The van der Waals surface area contributed by atoms with Crippen LogP contribution in [-0.2, 0) is 17.1 Å². The highest BCUT2D eigenvalue weighted by Crippen LogP contribution is 2.33. The molecular formula is C15H14ClN3O3S2. The Labute approximate surface area is 148 Å². The van der Waals surface area contributed by atoms with Crippen LogP contribution in [0.4, 0.5) is 5.69 Å². The van der Waals surface area contributed by atoms with Gasteiger partial charge in [-0.05, 0) is 30.3 Å². The second-order valence-electron chi connectivity index (χ2n) is 4.94. The van der Waals surface area contributed by atoms with Gasteiger partial charge in [0.1, 0.15) is 9.96 Å². The average molecular weight is 384 g/mol. The molecule has 9 heteroatoms. The second-order valence-corrected chi connectivity index (χ2v) is 8.20. The number of rotatable bonds is 5. The van der Waals surface area contributed by atoms with E-state index in [1.807, 2.05) is 6.07 Å². The lowest BCUT2D eigenvalue weighted by molar-refractivity contribution is 0.417. The molecule has 2 heterocycles. The van der Waals surface area contributed by atoms with Gasteiger partial charge in [0.25, 0.3) is 10.0 Å². The van der Waals surface area contributed by atoms with E-state index in [0.29, 0.717) is 16.5 Å². The number of nitrogens with zero attached hydrogens (tertiary/aromatic N) is 2. The zero-order valence-corrected chi connectivity index (χ0v) is 15.2. The number of anilines is 1. The van der Waals surface area contributed by atoms with Gasteiger partial charge in [-0.1, -0.05) is 11.6 Å². The first kappa shape index (κ1) is 16.8. The molecule has 0 radical (unpaired) electrons. The van der Waals surface area contributed by atoms with Gasteiger partial charge in [0, 0.05) is 29.2 Å². The fourth-order valence-electron chi connectivity index (χ4n) is 2.20. The highest BCUT2D eigenvalue weighted by atomic mass is 35.5. The number of hydrogen-bond donors (Lipinski definition) is 1. The van der Waals surface area contributed by atoms with Crippen molar-refractivity contribution in [3.63, 3.8) is 0 Å². The zero-order valence-electron chi connectivity index (χ0n) is 12.9. The Morgan fingerprint density at radius 2 is 2.08 bits per heavy atom. The number of thiophene rings is 1. The van der Waals surface area contributed by atoms with Crippen LogP contribution in [0.25, 0.3) is 11.3 Å². The van der Waals surface area contributed by atoms with Crippen LogP contribution in [0.1, 0.15) is 0 Å². The third kappa shape index (κ3) is 3.26. The molecule has 0 spiro atoms. The number of aryl methyl sites for hydroxylation is 1. The van der Waals surface area contributed by atoms with E-state index in [0.717, 1.165) is 22.6 Å². The van der Waals surface area contributed by atoms with Gasteiger partial charge in [0.15, 0.2) is 0 Å². The maximum Gasteiger partial charge on any atom is 0.271 e. The first-order valence-corrected chi connectivity index (χ1v) is 9.58. The molecule has 1 aromatic carbocycles. The summed E-state index contributed by atoms with van der Waals surface area (Å²) in [5.74, 6) is 0.395. The predicted molar refractivity (Wildman–Crippen MR) is 95.3 cm³/mol. The van der Waals surface area contributed by atoms with Crippen molar-refractivity contribution in [2.45, 2.75) is 4.21 Å². The molecule has 0 bridgehead atoms. The summed E-state index contributed by atoms with van der Waals surface area (Å²) in [6, 6.07) is 8.18. The van der Waals surface area contributed by atoms with Crippen LogP contribution in [0.15, 0.2) is 46.1 Å². The Kier molecular flexibility index (Phi) is 4.53. The SMILES string of the molecule is COc1ccc(Cl)cc1NS(=O)(=O)c1cc(-c2ccnn2C)cs1. The molecule has 0 aliphatic rings. The van der Waals surface area contributed by atoms with Gasteiger partial charge in [-0.25, -0.2) is 8.42 Å². The molecule has 1 N–H and O–H groups in total. The fraction of sp³-hybridized carbons (Fsp3) is 0.133. The Balaban J connectivity index is 1.93. The number of sulfonamides is 1. The summed E-state index contributed by atoms with van der Waals surface area (Å²) in [4.78, 5) is 0. The zero-order chi connectivity index (χ0) is 17.3. The van der Waals surface area contributed by atoms with Crippen LogP contribution in [0.2, 0.25) is 5.02 Å². The average Bonchev–Trinajstić information content (AvgIpc) is 3.16. The first-order valence-electron chi connectivity index (χ1n) is 6.84. The Morgan fingerprint density at radius 1 is 1.29 bits per heavy atom. The van der Waals surface area contributed by atoms with E-state index in [9.17, 15) is 8.42 Å². The highest BCUT2D eigenvalue weighted by Gasteiger charge is 2.20. The smallest absolute Gasteiger partial charge is 0.271 e. The second kappa shape index (κ2) is 6.46. The minimum Gasteiger partial charge on any atom is -0.495 e. The third-order valence-corrected chi connectivity index (χ3v) is 6.40. The lowest BCUT2D eigenvalue weighted by Gasteiger charge is -2.11. The summed E-state index contributed by atoms with van der Waals surface area (Å²) in [7, 11) is -0.479. The van der Waals surface area contributed by atoms with Crippen LogP contribution in [0.3, 0.4) is 0 Å². The van der Waals surface area contributed by atoms with E-state index >= 15 is 0 Å². The van der Waals surface area contributed by atoms with Crippen molar-refractivity contribution < 1.29 is 13.2 Å². The standard InChI is InChI=1S/C15H14ClN3O3S2/c1-19-13(5-6-17-19)10-7-15(23-9-10)24(20,21)18-12-8-11(16)3-4-14(12)22-2/h3-9,18H,1-2H3. The third-order valence-electron chi connectivity index (χ3n) is 3.36. The molecule has 3 rings (SSSR count). The Hall–Kier alpha value is -2.03. The molecule has 0 fully saturated rings. The van der Waals surface area contributed by atoms with E-state index in [4.69, 9.17) is 16.3 Å². The maximum atomic E-state index is 12.6. The molecule has 0 saturated heterocycles. The molecule has 0 aliphatic carbocycles. The summed E-state index contributed by atoms with van der Waals surface area (Å²) in [6.45, 7) is 0. The number of benzene rings is 1. The van der Waals surface area contributed by atoms with Crippen LogP contribution < -0.4 is 9.46 Å². The number of methoxy groups -OCH3 is 1. The van der Waals surface area contributed by atoms with E-state index in [2.05, 4.69) is 9.82 Å². The van der Waals surface area contributed by atoms with Crippen molar-refractivity contribution in [1.82, 2.24) is 9.78 Å². The molecule has 0 saturated carbocycles. The molecular weight excluding hydrogens is 370 g/mol. The lowest BCUT2D eigenvalue weighted by atomic mass is 10.2. The number of halogens is 1. The topological polar surface area (TPSA) is 73.2 Å². The molecule has 0 atom stereocenters. The van der Waals surface area contributed by atoms with Gasteiger partial charge >= 0.3 is 0 Å². The van der Waals surface area contributed by atoms with E-state index in [1.54, 1.807) is 41.5 Å². The first-order chi connectivity index (χ1) is 11.4. The van der Waals surface area contributed by atoms with E-state index in [-0.39, 0.29) is 4.21 Å². The van der Waals surface area contributed by atoms with Gasteiger partial charge < -0.3 is 4.74 Å². The highest BCUT2D eigenvalue weighted by molar-refractivity contribution is 7.94. The van der Waals surface area contributed by atoms with Crippen LogP contribution in [-0.4, -0.2) is 25.3 Å². The molecule has 3 aromatic rings. The van der Waals surface area contributed by atoms with Gasteiger partial charge in [-0.2, -0.15) is 5.10 Å². The van der Waals surface area contributed by atoms with E-state index in [1.165, 1.54) is 13.2 Å². The molecule has 0 aliphatic heterocycles. The monoisotopic (exact) mass is 383 g/mol. The molecule has 0 amide bonds. The Bertz CT molecular complexity index is 980. The summed E-state index contributed by atoms with van der Waals surface area (Å²) in [5.41, 5.74) is 1.92. The molecule has 24 heavy (non-hydrogen) atoms. The molecule has 6 nitrogen and oxygen atoms in total. The maximum absolute atomic E-state index is 12.6. The quantitative estimate of drug-likeness (QED) is 0.730. The largest absolute Gasteiger partial charge is 0.495 e. The summed E-state index contributed by atoms with van der Waals surface area (Å²) < 4.78 is 34.8. The predicted octanol–water partition coefficient (Wildman–Crippen LogP) is 3.61. The van der Waals surface area contributed by atoms with E-state index < -0.39 is 10.0 Å². The number of hydrogen-bond acceptors (Lipinski definition) is 5. The molecule has 126 valence electrons. The van der Waals surface area contributed by atoms with Crippen LogP contribution >= 0.6 is 22.9 Å². The van der Waals surface area contributed by atoms with Gasteiger partial charge in [0.05, 0.1) is 18.5 Å². The minimum atomic E-state index is -3.75.